The standard InChI is InChI=1S/C26H26FN5O3/c1-15-6-21(27)23(30-17-10-26(11-17)13-34-14-26)9-19(15)16-7-22(31-24(8-16)35-5-4-33)18-2-3-28-25-20(18)12-29-32-25/h2-3,6-9,12,17,30,33H,4-5,10-11,13-14H2,1H3,(H,28,29,32). The van der Waals surface area contributed by atoms with E-state index in [0.717, 1.165) is 53.7 Å². The Hall–Kier alpha value is -3.56. The van der Waals surface area contributed by atoms with Crippen LogP contribution in [0.15, 0.2) is 42.7 Å². The fourth-order valence-corrected chi connectivity index (χ4v) is 5.13. The molecular weight excluding hydrogens is 449 g/mol. The van der Waals surface area contributed by atoms with E-state index < -0.39 is 0 Å². The van der Waals surface area contributed by atoms with Crippen molar-refractivity contribution in [3.05, 3.63) is 54.1 Å². The summed E-state index contributed by atoms with van der Waals surface area (Å²) in [4.78, 5) is 8.97. The number of anilines is 1. The van der Waals surface area contributed by atoms with Crippen LogP contribution in [0, 0.1) is 18.2 Å². The van der Waals surface area contributed by atoms with Crippen LogP contribution in [-0.4, -0.2) is 57.7 Å². The molecule has 1 saturated carbocycles. The Kier molecular flexibility index (Phi) is 5.38. The van der Waals surface area contributed by atoms with Crippen LogP contribution in [0.2, 0.25) is 0 Å². The van der Waals surface area contributed by atoms with E-state index in [4.69, 9.17) is 9.47 Å². The van der Waals surface area contributed by atoms with Crippen LogP contribution in [0.3, 0.4) is 0 Å². The average Bonchev–Trinajstić information content (AvgIpc) is 3.28. The summed E-state index contributed by atoms with van der Waals surface area (Å²) >= 11 is 0. The monoisotopic (exact) mass is 475 g/mol. The van der Waals surface area contributed by atoms with Gasteiger partial charge in [-0.2, -0.15) is 5.10 Å². The Balaban J connectivity index is 1.39. The number of H-pyrrole nitrogens is 1. The van der Waals surface area contributed by atoms with E-state index in [1.54, 1.807) is 18.5 Å². The van der Waals surface area contributed by atoms with Gasteiger partial charge in [-0.3, -0.25) is 5.10 Å². The number of aryl methyl sites for hydroxylation is 1. The van der Waals surface area contributed by atoms with Crippen molar-refractivity contribution in [1.82, 2.24) is 20.2 Å². The summed E-state index contributed by atoms with van der Waals surface area (Å²) in [5, 5.41) is 20.5. The molecule has 180 valence electrons. The average molecular weight is 476 g/mol. The number of aliphatic hydroxyl groups is 1. The predicted octanol–water partition coefficient (Wildman–Crippen LogP) is 4.10. The maximum absolute atomic E-state index is 14.9. The Morgan fingerprint density at radius 3 is 2.86 bits per heavy atom. The third-order valence-corrected chi connectivity index (χ3v) is 6.93. The van der Waals surface area contributed by atoms with E-state index >= 15 is 0 Å². The zero-order valence-corrected chi connectivity index (χ0v) is 19.3. The summed E-state index contributed by atoms with van der Waals surface area (Å²) in [7, 11) is 0. The molecule has 8 nitrogen and oxygen atoms in total. The number of ether oxygens (including phenoxy) is 2. The first-order chi connectivity index (χ1) is 17.0. The maximum Gasteiger partial charge on any atom is 0.214 e. The molecule has 0 amide bonds. The Morgan fingerprint density at radius 1 is 1.23 bits per heavy atom. The Labute approximate surface area is 201 Å². The molecule has 0 bridgehead atoms. The van der Waals surface area contributed by atoms with Gasteiger partial charge in [0, 0.05) is 34.7 Å². The molecule has 3 N–H and O–H groups in total. The van der Waals surface area contributed by atoms with E-state index in [1.807, 2.05) is 31.2 Å². The molecule has 1 aliphatic heterocycles. The Morgan fingerprint density at radius 2 is 2.09 bits per heavy atom. The molecule has 3 aromatic heterocycles. The van der Waals surface area contributed by atoms with Gasteiger partial charge in [-0.1, -0.05) is 0 Å². The molecular formula is C26H26FN5O3. The number of nitrogens with zero attached hydrogens (tertiary/aromatic N) is 3. The van der Waals surface area contributed by atoms with Gasteiger partial charge in [0.15, 0.2) is 5.65 Å². The first-order valence-electron chi connectivity index (χ1n) is 11.7. The van der Waals surface area contributed by atoms with Gasteiger partial charge in [0.25, 0.3) is 0 Å². The van der Waals surface area contributed by atoms with Gasteiger partial charge in [0.1, 0.15) is 12.4 Å². The van der Waals surface area contributed by atoms with Gasteiger partial charge in [0.05, 0.1) is 37.4 Å². The molecule has 1 spiro atoms. The number of hydrogen-bond donors (Lipinski definition) is 3. The van der Waals surface area contributed by atoms with E-state index in [-0.39, 0.29) is 25.1 Å². The SMILES string of the molecule is Cc1cc(F)c(NC2CC3(COC3)C2)cc1-c1cc(OCCO)nc(-c2ccnc3[nH]ncc23)c1. The number of benzene rings is 1. The van der Waals surface area contributed by atoms with Crippen molar-refractivity contribution in [1.29, 1.82) is 0 Å². The molecule has 35 heavy (non-hydrogen) atoms. The number of aromatic amines is 1. The number of aliphatic hydroxyl groups excluding tert-OH is 1. The van der Waals surface area contributed by atoms with Crippen LogP contribution >= 0.6 is 0 Å². The van der Waals surface area contributed by atoms with Crippen LogP contribution in [0.25, 0.3) is 33.4 Å². The van der Waals surface area contributed by atoms with Crippen molar-refractivity contribution >= 4 is 16.7 Å². The molecule has 4 aromatic rings. The van der Waals surface area contributed by atoms with Crippen LogP contribution in [0.1, 0.15) is 18.4 Å². The van der Waals surface area contributed by atoms with Crippen LogP contribution in [-0.2, 0) is 4.74 Å². The molecule has 0 atom stereocenters. The lowest BCUT2D eigenvalue weighted by atomic mass is 9.64. The second-order valence-electron chi connectivity index (χ2n) is 9.53. The highest BCUT2D eigenvalue weighted by molar-refractivity contribution is 5.92. The number of fused-ring (bicyclic) bond motifs is 1. The minimum absolute atomic E-state index is 0.121. The van der Waals surface area contributed by atoms with Gasteiger partial charge in [-0.15, -0.1) is 0 Å². The fourth-order valence-electron chi connectivity index (χ4n) is 5.13. The third kappa shape index (κ3) is 4.00. The molecule has 2 aliphatic rings. The van der Waals surface area contributed by atoms with Crippen molar-refractivity contribution < 1.29 is 19.0 Å². The molecule has 1 aliphatic carbocycles. The smallest absolute Gasteiger partial charge is 0.214 e. The highest BCUT2D eigenvalue weighted by Gasteiger charge is 2.49. The highest BCUT2D eigenvalue weighted by Crippen LogP contribution is 2.48. The number of pyridine rings is 2. The maximum atomic E-state index is 14.9. The van der Waals surface area contributed by atoms with Gasteiger partial charge in [-0.25, -0.2) is 14.4 Å². The van der Waals surface area contributed by atoms with Crippen molar-refractivity contribution in [2.45, 2.75) is 25.8 Å². The summed E-state index contributed by atoms with van der Waals surface area (Å²) in [6.45, 7) is 3.50. The lowest BCUT2D eigenvalue weighted by Gasteiger charge is -2.53. The van der Waals surface area contributed by atoms with Gasteiger partial charge < -0.3 is 19.9 Å². The summed E-state index contributed by atoms with van der Waals surface area (Å²) < 4.78 is 26.0. The second-order valence-corrected chi connectivity index (χ2v) is 9.53. The molecule has 4 heterocycles. The van der Waals surface area contributed by atoms with E-state index in [2.05, 4.69) is 25.5 Å². The van der Waals surface area contributed by atoms with E-state index in [0.29, 0.717) is 28.3 Å². The summed E-state index contributed by atoms with van der Waals surface area (Å²) in [6.07, 6.45) is 5.40. The van der Waals surface area contributed by atoms with Crippen molar-refractivity contribution in [3.8, 4) is 28.3 Å². The van der Waals surface area contributed by atoms with Gasteiger partial charge in [-0.05, 0) is 60.7 Å². The summed E-state index contributed by atoms with van der Waals surface area (Å²) in [5.74, 6) is 0.112. The van der Waals surface area contributed by atoms with Crippen molar-refractivity contribution in [2.75, 3.05) is 31.7 Å². The summed E-state index contributed by atoms with van der Waals surface area (Å²) in [5.41, 5.74) is 5.49. The van der Waals surface area contributed by atoms with Crippen molar-refractivity contribution in [2.24, 2.45) is 5.41 Å². The molecule has 1 saturated heterocycles. The minimum atomic E-state index is -0.266. The highest BCUT2D eigenvalue weighted by atomic mass is 19.1. The molecule has 2 fully saturated rings. The first-order valence-corrected chi connectivity index (χ1v) is 11.7. The molecule has 9 heteroatoms. The lowest BCUT2D eigenvalue weighted by Crippen LogP contribution is -2.56. The number of nitrogens with one attached hydrogen (secondary N) is 2. The minimum Gasteiger partial charge on any atom is -0.475 e. The van der Waals surface area contributed by atoms with Crippen LogP contribution < -0.4 is 10.1 Å². The predicted molar refractivity (Wildman–Crippen MR) is 130 cm³/mol. The number of aromatic nitrogens is 4. The van der Waals surface area contributed by atoms with Crippen LogP contribution in [0.4, 0.5) is 10.1 Å². The first kappa shape index (κ1) is 21.9. The zero-order chi connectivity index (χ0) is 24.0. The Bertz CT molecular complexity index is 1390. The molecule has 0 unspecified atom stereocenters. The number of halogens is 1. The van der Waals surface area contributed by atoms with Gasteiger partial charge >= 0.3 is 0 Å². The molecule has 0 radical (unpaired) electrons. The summed E-state index contributed by atoms with van der Waals surface area (Å²) in [6, 6.07) is 9.32. The van der Waals surface area contributed by atoms with E-state index in [1.165, 1.54) is 0 Å². The van der Waals surface area contributed by atoms with Crippen LogP contribution in [0.5, 0.6) is 5.88 Å². The topological polar surface area (TPSA) is 105 Å². The number of hydrogen-bond acceptors (Lipinski definition) is 7. The second kappa shape index (κ2) is 8.58. The molecule has 1 aromatic carbocycles. The normalized spacial score (nSPS) is 16.8. The lowest BCUT2D eigenvalue weighted by molar-refractivity contribution is -0.159. The van der Waals surface area contributed by atoms with Crippen molar-refractivity contribution in [3.63, 3.8) is 0 Å². The molecule has 6 rings (SSSR count). The fraction of sp³-hybridized carbons (Fsp3) is 0.346. The zero-order valence-electron chi connectivity index (χ0n) is 19.3. The van der Waals surface area contributed by atoms with Gasteiger partial charge in [0.2, 0.25) is 5.88 Å². The van der Waals surface area contributed by atoms with E-state index in [9.17, 15) is 9.50 Å². The third-order valence-electron chi connectivity index (χ3n) is 6.93. The number of rotatable bonds is 7. The quantitative estimate of drug-likeness (QED) is 0.370. The largest absolute Gasteiger partial charge is 0.475 e.